The Bertz CT molecular complexity index is 5100. The van der Waals surface area contributed by atoms with Crippen LogP contribution in [0.3, 0.4) is 0 Å². The number of imidazole rings is 2. The highest BCUT2D eigenvalue weighted by molar-refractivity contribution is 7.82. The number of aliphatic imine (C=N–C) groups is 2. The van der Waals surface area contributed by atoms with Crippen LogP contribution in [0.4, 0.5) is 11.4 Å². The first kappa shape index (κ1) is 99.9. The van der Waals surface area contributed by atoms with Gasteiger partial charge in [0, 0.05) is 114 Å². The van der Waals surface area contributed by atoms with E-state index in [0.29, 0.717) is 125 Å². The zero-order chi connectivity index (χ0) is 93.2. The fraction of sp³-hybridized carbons (Fsp3) is 0.547. The van der Waals surface area contributed by atoms with Crippen molar-refractivity contribution in [1.82, 2.24) is 34.2 Å². The summed E-state index contributed by atoms with van der Waals surface area (Å²) in [6.45, 7) is 13.0. The molecule has 11 rings (SSSR count). The Labute approximate surface area is 755 Å². The van der Waals surface area contributed by atoms with E-state index in [1.165, 1.54) is 44.6 Å². The van der Waals surface area contributed by atoms with Gasteiger partial charge in [0.05, 0.1) is 231 Å². The topological polar surface area (TPSA) is 494 Å². The molecular weight excluding hydrogens is 1750 g/mol. The Morgan fingerprint density at radius 1 is 0.550 bits per heavy atom. The zero-order valence-electron chi connectivity index (χ0n) is 74.4. The molecule has 0 saturated carbocycles. The van der Waals surface area contributed by atoms with Crippen molar-refractivity contribution >= 4 is 75.8 Å². The molecule has 1 unspecified atom stereocenters. The molecule has 712 valence electrons. The first-order valence-electron chi connectivity index (χ1n) is 42.2. The minimum atomic E-state index is -5.46. The van der Waals surface area contributed by atoms with Crippen LogP contribution >= 0.6 is 0 Å². The fourth-order valence-electron chi connectivity index (χ4n) is 14.3. The summed E-state index contributed by atoms with van der Waals surface area (Å²) in [5.41, 5.74) is 12.2. The van der Waals surface area contributed by atoms with Crippen molar-refractivity contribution in [3.8, 4) is 40.2 Å². The van der Waals surface area contributed by atoms with E-state index < -0.39 is 106 Å². The number of carbonyl (C=O) groups excluding carboxylic acids is 7. The molecule has 131 heavy (non-hydrogen) atoms. The maximum atomic E-state index is 14.9. The molecule has 1 saturated heterocycles. The van der Waals surface area contributed by atoms with Gasteiger partial charge >= 0.3 is 34.3 Å². The molecule has 0 bridgehead atoms. The van der Waals surface area contributed by atoms with Crippen LogP contribution in [-0.2, 0) is 159 Å². The van der Waals surface area contributed by atoms with Crippen LogP contribution in [0.25, 0.3) is 10.4 Å². The summed E-state index contributed by atoms with van der Waals surface area (Å²) < 4.78 is 165. The van der Waals surface area contributed by atoms with Crippen molar-refractivity contribution in [2.75, 3.05) is 179 Å². The molecule has 3 amide bonds. The van der Waals surface area contributed by atoms with Gasteiger partial charge in [0.2, 0.25) is 12.4 Å². The molecule has 2 aromatic heterocycles. The maximum Gasteiger partial charge on any atom is 0.501 e. The molecule has 7 atom stereocenters. The lowest BCUT2D eigenvalue weighted by Gasteiger charge is -2.43. The van der Waals surface area contributed by atoms with E-state index in [2.05, 4.69) is 25.3 Å². The summed E-state index contributed by atoms with van der Waals surface area (Å²) in [5.74, 6) is -6.21. The highest BCUT2D eigenvalue weighted by atomic mass is 32.3. The van der Waals surface area contributed by atoms with Gasteiger partial charge in [-0.2, -0.15) is 0 Å². The van der Waals surface area contributed by atoms with Crippen molar-refractivity contribution in [3.05, 3.63) is 134 Å². The molecule has 1 fully saturated rings. The van der Waals surface area contributed by atoms with Crippen LogP contribution in [0, 0.1) is 0 Å². The summed E-state index contributed by atoms with van der Waals surface area (Å²) in [5, 5.41) is 6.09. The predicted molar refractivity (Wildman–Crippen MR) is 458 cm³/mol. The van der Waals surface area contributed by atoms with Crippen LogP contribution < -0.4 is 37.4 Å². The average molecular weight is 1860 g/mol. The number of ether oxygens (including phenoxy) is 21. The SMILES string of the molecule is COc1cc2c(cc1OCc1cc(COc3cc4c(cc3OC)C(=O)N3Cc5ncn(C)c5C[C@@]3(C)C=N4)cc(OS(=O)(=O)Oc3cc(C(=O)NCCOCCOCCOCCOCCOCCOCCOCCOCCOCCOCCOCCN=[N+]=[N-])ccc3OC3O[C@H](COC(C)=O)[C@H](OC(C)=O)[C@H](OC(C)=O)[C@H]3OC(C)=O)c1)N=C[C@@H]1Cc3c(ncn3C)CN1C2=O. The van der Waals surface area contributed by atoms with Gasteiger partial charge in [0.1, 0.15) is 31.7 Å². The predicted octanol–water partition coefficient (Wildman–Crippen LogP) is 5.67. The van der Waals surface area contributed by atoms with Gasteiger partial charge in [0.15, 0.2) is 46.7 Å². The van der Waals surface area contributed by atoms with Crippen LogP contribution in [0.1, 0.15) is 99.6 Å². The first-order valence-corrected chi connectivity index (χ1v) is 43.6. The third-order valence-electron chi connectivity index (χ3n) is 20.5. The number of aromatic nitrogens is 4. The number of nitrogens with one attached hydrogen (secondary N) is 1. The van der Waals surface area contributed by atoms with E-state index in [0.717, 1.165) is 62.6 Å². The van der Waals surface area contributed by atoms with Crippen molar-refractivity contribution in [3.63, 3.8) is 0 Å². The molecule has 6 aromatic rings. The normalized spacial score (nSPS) is 18.2. The van der Waals surface area contributed by atoms with Gasteiger partial charge in [-0.1, -0.05) is 5.11 Å². The summed E-state index contributed by atoms with van der Waals surface area (Å²) in [6, 6.07) is 13.3. The quantitative estimate of drug-likeness (QED) is 0.0120. The lowest BCUT2D eigenvalue weighted by molar-refractivity contribution is -0.288. The number of fused-ring (bicyclic) bond motifs is 6. The summed E-state index contributed by atoms with van der Waals surface area (Å²) in [4.78, 5) is 118. The third-order valence-corrected chi connectivity index (χ3v) is 21.3. The van der Waals surface area contributed by atoms with Crippen molar-refractivity contribution < 1.29 is 150 Å². The van der Waals surface area contributed by atoms with Gasteiger partial charge in [0.25, 0.3) is 17.7 Å². The van der Waals surface area contributed by atoms with E-state index in [4.69, 9.17) is 123 Å². The molecule has 45 heteroatoms. The lowest BCUT2D eigenvalue weighted by Crippen LogP contribution is -2.63. The van der Waals surface area contributed by atoms with Gasteiger partial charge in [-0.15, -0.1) is 8.42 Å². The second-order valence-electron chi connectivity index (χ2n) is 30.1. The van der Waals surface area contributed by atoms with E-state index in [1.807, 2.05) is 30.2 Å². The molecule has 4 aromatic carbocycles. The average Bonchev–Trinajstić information content (AvgIpc) is 1.61. The number of hydrogen-bond acceptors (Lipinski definition) is 37. The number of benzene rings is 4. The number of hydrogen-bond donors (Lipinski definition) is 1. The molecule has 5 aliphatic rings. The molecule has 0 aliphatic carbocycles. The smallest absolute Gasteiger partial charge is 0.493 e. The number of amides is 3. The first-order chi connectivity index (χ1) is 63.3. The van der Waals surface area contributed by atoms with Crippen LogP contribution in [0.5, 0.6) is 40.2 Å². The minimum absolute atomic E-state index is 0.00839. The molecule has 1 N–H and O–H groups in total. The number of nitrogens with zero attached hydrogens (tertiary/aromatic N) is 11. The Kier molecular flexibility index (Phi) is 38.2. The van der Waals surface area contributed by atoms with E-state index in [1.54, 1.807) is 53.1 Å². The summed E-state index contributed by atoms with van der Waals surface area (Å²) in [6.07, 6.45) is -0.920. The van der Waals surface area contributed by atoms with Crippen molar-refractivity contribution in [2.24, 2.45) is 29.2 Å². The van der Waals surface area contributed by atoms with Crippen LogP contribution in [-0.4, -0.2) is 313 Å². The van der Waals surface area contributed by atoms with E-state index in [9.17, 15) is 42.0 Å². The van der Waals surface area contributed by atoms with E-state index >= 15 is 0 Å². The van der Waals surface area contributed by atoms with Gasteiger partial charge in [-0.05, 0) is 72.1 Å². The highest BCUT2D eigenvalue weighted by Gasteiger charge is 2.54. The Balaban J connectivity index is 0.720. The fourth-order valence-corrected chi connectivity index (χ4v) is 15.0. The van der Waals surface area contributed by atoms with Gasteiger partial charge in [-0.3, -0.25) is 43.5 Å². The van der Waals surface area contributed by atoms with Gasteiger partial charge in [-0.25, -0.2) is 9.97 Å². The molecule has 7 heterocycles. The monoisotopic (exact) mass is 1850 g/mol. The third kappa shape index (κ3) is 29.4. The molecule has 44 nitrogen and oxygen atoms in total. The number of azide groups is 1. The lowest BCUT2D eigenvalue weighted by atomic mass is 9.89. The Morgan fingerprint density at radius 2 is 1.04 bits per heavy atom. The standard InChI is InChI=1S/C86H110N12O32S/c1-55(99)121-51-78-79(124-56(2)100)80(125-57(3)101)81(126-58(4)102)85(128-78)127-72-11-10-61(82(103)88-12-14-110-16-18-112-20-22-114-24-26-116-28-30-118-32-34-120-35-33-119-31-29-117-27-25-115-23-21-113-19-17-111-15-13-93-94-87)39-77(72)130-131(106,107)129-63-37-59(49-122-75-43-66-64(41-73(75)108-8)83(104)97-47-68-70(95(6)53-91-68)40-62(97)46-89-66)36-60(38-63)50-123-76-44-67-65(42-74(76)109-9)84(105)98-48-69-71(96(7)54-92-69)45-86(98,5)52-90-67/h10-11,36-39,41-44,46,52-54,62,78-81,85H,12-35,40,45,47-51H2,1-9H3,(H,88,103)/t62-,78+,79-,80-,81+,85?,86-/m0/s1. The zero-order valence-corrected chi connectivity index (χ0v) is 75.2. The molecule has 5 aliphatic heterocycles. The Hall–Kier alpha value is -11.7. The molecular formula is C86H110N12O32S. The van der Waals surface area contributed by atoms with Crippen molar-refractivity contribution in [1.29, 1.82) is 0 Å². The number of rotatable bonds is 56. The highest BCUT2D eigenvalue weighted by Crippen LogP contribution is 2.44. The molecule has 0 radical (unpaired) electrons. The number of esters is 4. The minimum Gasteiger partial charge on any atom is -0.493 e. The van der Waals surface area contributed by atoms with Gasteiger partial charge < -0.3 is 132 Å². The van der Waals surface area contributed by atoms with Crippen LogP contribution in [0.15, 0.2) is 88.4 Å². The molecule has 0 spiro atoms. The summed E-state index contributed by atoms with van der Waals surface area (Å²) >= 11 is 0. The Morgan fingerprint density at radius 3 is 1.56 bits per heavy atom. The van der Waals surface area contributed by atoms with Crippen molar-refractivity contribution in [2.45, 2.75) is 116 Å². The number of carbonyl (C=O) groups is 7. The van der Waals surface area contributed by atoms with E-state index in [-0.39, 0.29) is 146 Å². The summed E-state index contributed by atoms with van der Waals surface area (Å²) in [7, 11) is 1.11. The second-order valence-corrected chi connectivity index (χ2v) is 31.3. The number of aryl methyl sites for hydroxylation is 2. The second kappa shape index (κ2) is 50.1. The van der Waals surface area contributed by atoms with Crippen LogP contribution in [0.2, 0.25) is 0 Å². The largest absolute Gasteiger partial charge is 0.501 e. The number of methoxy groups -OCH3 is 2. The maximum absolute atomic E-state index is 14.9.